The van der Waals surface area contributed by atoms with Crippen LogP contribution in [0.2, 0.25) is 5.02 Å². The maximum atomic E-state index is 11.4. The normalized spacial score (nSPS) is 16.6. The molecule has 1 saturated heterocycles. The second-order valence-electron chi connectivity index (χ2n) is 4.42. The lowest BCUT2D eigenvalue weighted by molar-refractivity contribution is -0.128. The fourth-order valence-electron chi connectivity index (χ4n) is 2.12. The number of nitrogens with zero attached hydrogens (tertiary/aromatic N) is 3. The van der Waals surface area contributed by atoms with Crippen molar-refractivity contribution in [1.29, 1.82) is 0 Å². The van der Waals surface area contributed by atoms with Crippen molar-refractivity contribution >= 4 is 29.0 Å². The lowest BCUT2D eigenvalue weighted by Gasteiger charge is -2.23. The molecule has 0 aliphatic carbocycles. The highest BCUT2D eigenvalue weighted by Gasteiger charge is 2.19. The van der Waals surface area contributed by atoms with Crippen LogP contribution in [0.3, 0.4) is 0 Å². The van der Waals surface area contributed by atoms with Crippen LogP contribution in [0.4, 0.5) is 11.5 Å². The predicted molar refractivity (Wildman–Crippen MR) is 72.7 cm³/mol. The number of carbonyl (C=O) groups excluding carboxylic acids is 1. The third-order valence-corrected chi connectivity index (χ3v) is 3.36. The molecule has 98 valence electrons. The van der Waals surface area contributed by atoms with Crippen molar-refractivity contribution in [3.63, 3.8) is 0 Å². The molecule has 1 fully saturated rings. The van der Waals surface area contributed by atoms with Crippen LogP contribution in [-0.4, -0.2) is 42.0 Å². The second kappa shape index (κ2) is 5.44. The van der Waals surface area contributed by atoms with E-state index in [1.165, 1.54) is 0 Å². The Morgan fingerprint density at radius 1 is 1.39 bits per heavy atom. The standard InChI is InChI=1S/C12H17ClN4O/c1-9(18)16-3-2-4-17(6-5-16)12-11(13)7-10(14)8-15-12/h7-8H,2-6,14H2,1H3. The molecule has 0 spiro atoms. The van der Waals surface area contributed by atoms with Crippen molar-refractivity contribution in [3.8, 4) is 0 Å². The van der Waals surface area contributed by atoms with Gasteiger partial charge in [0.05, 0.1) is 16.9 Å². The predicted octanol–water partition coefficient (Wildman–Crippen LogP) is 1.38. The molecule has 1 aliphatic rings. The van der Waals surface area contributed by atoms with E-state index in [2.05, 4.69) is 9.88 Å². The Balaban J connectivity index is 2.12. The molecule has 1 amide bonds. The molecule has 1 aromatic rings. The minimum absolute atomic E-state index is 0.119. The summed E-state index contributed by atoms with van der Waals surface area (Å²) in [6.45, 7) is 4.69. The van der Waals surface area contributed by atoms with Crippen molar-refractivity contribution in [3.05, 3.63) is 17.3 Å². The molecule has 0 bridgehead atoms. The van der Waals surface area contributed by atoms with Crippen LogP contribution in [0.5, 0.6) is 0 Å². The van der Waals surface area contributed by atoms with Crippen molar-refractivity contribution in [1.82, 2.24) is 9.88 Å². The lowest BCUT2D eigenvalue weighted by atomic mass is 10.3. The fraction of sp³-hybridized carbons (Fsp3) is 0.500. The molecular weight excluding hydrogens is 252 g/mol. The molecule has 5 nitrogen and oxygen atoms in total. The summed E-state index contributed by atoms with van der Waals surface area (Å²) in [5.41, 5.74) is 6.19. The minimum Gasteiger partial charge on any atom is -0.397 e. The number of nitrogen functional groups attached to an aromatic ring is 1. The number of pyridine rings is 1. The van der Waals surface area contributed by atoms with Gasteiger partial charge < -0.3 is 15.5 Å². The minimum atomic E-state index is 0.119. The highest BCUT2D eigenvalue weighted by molar-refractivity contribution is 6.33. The highest BCUT2D eigenvalue weighted by atomic mass is 35.5. The molecule has 0 radical (unpaired) electrons. The van der Waals surface area contributed by atoms with Crippen LogP contribution in [-0.2, 0) is 4.79 Å². The average molecular weight is 269 g/mol. The molecule has 2 heterocycles. The molecule has 6 heteroatoms. The molecule has 1 aromatic heterocycles. The van der Waals surface area contributed by atoms with Crippen LogP contribution in [0, 0.1) is 0 Å². The van der Waals surface area contributed by atoms with Gasteiger partial charge in [0.1, 0.15) is 5.82 Å². The Hall–Kier alpha value is -1.49. The number of aromatic nitrogens is 1. The molecule has 0 unspecified atom stereocenters. The van der Waals surface area contributed by atoms with E-state index >= 15 is 0 Å². The van der Waals surface area contributed by atoms with E-state index in [4.69, 9.17) is 17.3 Å². The van der Waals surface area contributed by atoms with Gasteiger partial charge in [-0.3, -0.25) is 4.79 Å². The van der Waals surface area contributed by atoms with Gasteiger partial charge in [-0.05, 0) is 12.5 Å². The van der Waals surface area contributed by atoms with Gasteiger partial charge >= 0.3 is 0 Å². The number of amides is 1. The first-order valence-electron chi connectivity index (χ1n) is 5.99. The van der Waals surface area contributed by atoms with E-state index in [0.717, 1.165) is 31.9 Å². The summed E-state index contributed by atoms with van der Waals surface area (Å²) in [6, 6.07) is 1.71. The Bertz CT molecular complexity index is 452. The van der Waals surface area contributed by atoms with E-state index in [0.29, 0.717) is 17.3 Å². The summed E-state index contributed by atoms with van der Waals surface area (Å²) < 4.78 is 0. The number of halogens is 1. The number of nitrogens with two attached hydrogens (primary N) is 1. The lowest BCUT2D eigenvalue weighted by Crippen LogP contribution is -2.33. The van der Waals surface area contributed by atoms with E-state index in [9.17, 15) is 4.79 Å². The number of anilines is 2. The fourth-order valence-corrected chi connectivity index (χ4v) is 2.42. The van der Waals surface area contributed by atoms with Crippen LogP contribution < -0.4 is 10.6 Å². The first-order valence-corrected chi connectivity index (χ1v) is 6.37. The molecule has 2 rings (SSSR count). The van der Waals surface area contributed by atoms with Gasteiger partial charge in [0.2, 0.25) is 5.91 Å². The molecule has 1 aliphatic heterocycles. The van der Waals surface area contributed by atoms with Gasteiger partial charge in [-0.1, -0.05) is 11.6 Å². The summed E-state index contributed by atoms with van der Waals surface area (Å²) in [4.78, 5) is 19.6. The van der Waals surface area contributed by atoms with Gasteiger partial charge in [0, 0.05) is 33.1 Å². The third-order valence-electron chi connectivity index (χ3n) is 3.08. The Morgan fingerprint density at radius 2 is 2.17 bits per heavy atom. The molecule has 0 aromatic carbocycles. The number of rotatable bonds is 1. The second-order valence-corrected chi connectivity index (χ2v) is 4.83. The summed E-state index contributed by atoms with van der Waals surface area (Å²) in [6.07, 6.45) is 2.52. The van der Waals surface area contributed by atoms with Gasteiger partial charge in [-0.15, -0.1) is 0 Å². The zero-order chi connectivity index (χ0) is 13.1. The molecule has 2 N–H and O–H groups in total. The summed E-state index contributed by atoms with van der Waals surface area (Å²) >= 11 is 6.15. The van der Waals surface area contributed by atoms with Crippen molar-refractivity contribution in [2.45, 2.75) is 13.3 Å². The SMILES string of the molecule is CC(=O)N1CCCN(c2ncc(N)cc2Cl)CC1. The number of hydrogen-bond donors (Lipinski definition) is 1. The van der Waals surface area contributed by atoms with Gasteiger partial charge in [0.15, 0.2) is 0 Å². The molecular formula is C12H17ClN4O. The van der Waals surface area contributed by atoms with E-state index in [-0.39, 0.29) is 5.91 Å². The number of carbonyl (C=O) groups is 1. The quantitative estimate of drug-likeness (QED) is 0.836. The van der Waals surface area contributed by atoms with E-state index in [1.807, 2.05) is 4.90 Å². The smallest absolute Gasteiger partial charge is 0.219 e. The van der Waals surface area contributed by atoms with Crippen LogP contribution in [0.1, 0.15) is 13.3 Å². The van der Waals surface area contributed by atoms with E-state index in [1.54, 1.807) is 19.2 Å². The third kappa shape index (κ3) is 2.85. The summed E-state index contributed by atoms with van der Waals surface area (Å²) in [5.74, 6) is 0.865. The van der Waals surface area contributed by atoms with Gasteiger partial charge in [-0.25, -0.2) is 4.98 Å². The van der Waals surface area contributed by atoms with Gasteiger partial charge in [-0.2, -0.15) is 0 Å². The largest absolute Gasteiger partial charge is 0.397 e. The van der Waals surface area contributed by atoms with Crippen molar-refractivity contribution < 1.29 is 4.79 Å². The van der Waals surface area contributed by atoms with Crippen molar-refractivity contribution in [2.24, 2.45) is 0 Å². The van der Waals surface area contributed by atoms with Gasteiger partial charge in [0.25, 0.3) is 0 Å². The summed E-state index contributed by atoms with van der Waals surface area (Å²) in [7, 11) is 0. The first-order chi connectivity index (χ1) is 8.58. The Labute approximate surface area is 112 Å². The maximum absolute atomic E-state index is 11.4. The first kappa shape index (κ1) is 13.0. The molecule has 0 atom stereocenters. The zero-order valence-corrected chi connectivity index (χ0v) is 11.2. The topological polar surface area (TPSA) is 62.5 Å². The average Bonchev–Trinajstić information content (AvgIpc) is 2.54. The maximum Gasteiger partial charge on any atom is 0.219 e. The van der Waals surface area contributed by atoms with Crippen LogP contribution >= 0.6 is 11.6 Å². The molecule has 0 saturated carbocycles. The Morgan fingerprint density at radius 3 is 2.83 bits per heavy atom. The van der Waals surface area contributed by atoms with Crippen LogP contribution in [0.25, 0.3) is 0 Å². The van der Waals surface area contributed by atoms with Crippen LogP contribution in [0.15, 0.2) is 12.3 Å². The van der Waals surface area contributed by atoms with Crippen molar-refractivity contribution in [2.75, 3.05) is 36.8 Å². The van der Waals surface area contributed by atoms with E-state index < -0.39 is 0 Å². The Kier molecular flexibility index (Phi) is 3.91. The molecule has 18 heavy (non-hydrogen) atoms. The highest BCUT2D eigenvalue weighted by Crippen LogP contribution is 2.25. The summed E-state index contributed by atoms with van der Waals surface area (Å²) in [5, 5.41) is 0.561. The number of hydrogen-bond acceptors (Lipinski definition) is 4. The zero-order valence-electron chi connectivity index (χ0n) is 10.4. The monoisotopic (exact) mass is 268 g/mol.